The Labute approximate surface area is 130 Å². The molecule has 5 nitrogen and oxygen atoms in total. The average molecular weight is 299 g/mol. The van der Waals surface area contributed by atoms with Gasteiger partial charge < -0.3 is 15.3 Å². The minimum atomic E-state index is -0.159. The molecule has 2 rings (SSSR count). The smallest absolute Gasteiger partial charge is 0.317 e. The number of hydrogen-bond donors (Lipinski definition) is 2. The Balaban J connectivity index is 1.93. The Morgan fingerprint density at radius 2 is 2.00 bits per heavy atom. The number of rotatable bonds is 6. The lowest BCUT2D eigenvalue weighted by atomic mass is 10.1. The van der Waals surface area contributed by atoms with Gasteiger partial charge in [0.25, 0.3) is 0 Å². The first-order valence-corrected chi connectivity index (χ1v) is 7.37. The molecule has 1 heterocycles. The predicted molar refractivity (Wildman–Crippen MR) is 86.2 cm³/mol. The first-order chi connectivity index (χ1) is 10.7. The van der Waals surface area contributed by atoms with Crippen LogP contribution in [0.2, 0.25) is 0 Å². The van der Waals surface area contributed by atoms with Crippen LogP contribution in [0.25, 0.3) is 11.1 Å². The van der Waals surface area contributed by atoms with Crippen molar-refractivity contribution < 1.29 is 9.90 Å². The summed E-state index contributed by atoms with van der Waals surface area (Å²) in [7, 11) is 0. The number of aliphatic hydroxyl groups excluding tert-OH is 1. The van der Waals surface area contributed by atoms with Crippen molar-refractivity contribution in [1.82, 2.24) is 15.2 Å². The third-order valence-electron chi connectivity index (χ3n) is 3.43. The van der Waals surface area contributed by atoms with Crippen LogP contribution in [0.15, 0.2) is 48.8 Å². The number of likely N-dealkylation sites (N-methyl/N-ethyl adjacent to an activating group) is 1. The number of amides is 2. The molecular formula is C17H21N3O2. The summed E-state index contributed by atoms with van der Waals surface area (Å²) in [4.78, 5) is 17.6. The molecule has 2 amide bonds. The number of nitrogens with one attached hydrogen (secondary N) is 1. The summed E-state index contributed by atoms with van der Waals surface area (Å²) in [5, 5.41) is 11.8. The summed E-state index contributed by atoms with van der Waals surface area (Å²) in [5.41, 5.74) is 3.19. The third kappa shape index (κ3) is 4.30. The van der Waals surface area contributed by atoms with E-state index in [1.807, 2.05) is 49.5 Å². The van der Waals surface area contributed by atoms with Crippen molar-refractivity contribution in [3.05, 3.63) is 54.4 Å². The molecular weight excluding hydrogens is 278 g/mol. The minimum absolute atomic E-state index is 0.0267. The zero-order valence-electron chi connectivity index (χ0n) is 12.7. The summed E-state index contributed by atoms with van der Waals surface area (Å²) >= 11 is 0. The van der Waals surface area contributed by atoms with Crippen LogP contribution in [-0.2, 0) is 6.54 Å². The van der Waals surface area contributed by atoms with Crippen LogP contribution in [0.5, 0.6) is 0 Å². The van der Waals surface area contributed by atoms with Crippen LogP contribution in [-0.4, -0.2) is 40.7 Å². The van der Waals surface area contributed by atoms with E-state index >= 15 is 0 Å². The van der Waals surface area contributed by atoms with Gasteiger partial charge in [0.1, 0.15) is 0 Å². The normalized spacial score (nSPS) is 10.3. The maximum absolute atomic E-state index is 11.9. The number of nitrogens with zero attached hydrogens (tertiary/aromatic N) is 2. The van der Waals surface area contributed by atoms with Crippen LogP contribution in [0, 0.1) is 0 Å². The molecule has 0 aliphatic rings. The highest BCUT2D eigenvalue weighted by atomic mass is 16.3. The fourth-order valence-electron chi connectivity index (χ4n) is 2.16. The molecule has 0 aliphatic heterocycles. The molecule has 0 saturated heterocycles. The van der Waals surface area contributed by atoms with Gasteiger partial charge in [-0.2, -0.15) is 0 Å². The zero-order valence-corrected chi connectivity index (χ0v) is 12.7. The van der Waals surface area contributed by atoms with Gasteiger partial charge in [0.05, 0.1) is 6.61 Å². The maximum atomic E-state index is 11.9. The lowest BCUT2D eigenvalue weighted by molar-refractivity contribution is 0.180. The molecule has 0 bridgehead atoms. The summed E-state index contributed by atoms with van der Waals surface area (Å²) in [5.74, 6) is 0. The number of urea groups is 1. The number of aromatic nitrogens is 1. The number of benzene rings is 1. The summed E-state index contributed by atoms with van der Waals surface area (Å²) in [6.45, 7) is 3.25. The zero-order chi connectivity index (χ0) is 15.8. The summed E-state index contributed by atoms with van der Waals surface area (Å²) in [6.07, 6.45) is 3.57. The van der Waals surface area contributed by atoms with Crippen molar-refractivity contribution in [2.75, 3.05) is 19.7 Å². The van der Waals surface area contributed by atoms with E-state index in [1.165, 1.54) is 0 Å². The van der Waals surface area contributed by atoms with Gasteiger partial charge in [-0.05, 0) is 29.7 Å². The van der Waals surface area contributed by atoms with E-state index in [9.17, 15) is 4.79 Å². The molecule has 2 N–H and O–H groups in total. The van der Waals surface area contributed by atoms with E-state index in [-0.39, 0.29) is 12.6 Å². The Kier molecular flexibility index (Phi) is 5.91. The van der Waals surface area contributed by atoms with Gasteiger partial charge in [-0.3, -0.25) is 4.98 Å². The topological polar surface area (TPSA) is 65.5 Å². The molecule has 1 aromatic heterocycles. The average Bonchev–Trinajstić information content (AvgIpc) is 2.59. The van der Waals surface area contributed by atoms with Crippen molar-refractivity contribution >= 4 is 6.03 Å². The van der Waals surface area contributed by atoms with E-state index in [2.05, 4.69) is 10.3 Å². The van der Waals surface area contributed by atoms with Crippen LogP contribution in [0.1, 0.15) is 12.5 Å². The fraction of sp³-hybridized carbons (Fsp3) is 0.294. The molecule has 0 atom stereocenters. The van der Waals surface area contributed by atoms with Crippen molar-refractivity contribution in [2.45, 2.75) is 13.5 Å². The van der Waals surface area contributed by atoms with Gasteiger partial charge in [0, 0.05) is 32.0 Å². The van der Waals surface area contributed by atoms with Crippen LogP contribution in [0.3, 0.4) is 0 Å². The van der Waals surface area contributed by atoms with Crippen LogP contribution in [0.4, 0.5) is 4.79 Å². The van der Waals surface area contributed by atoms with Gasteiger partial charge >= 0.3 is 6.03 Å². The molecule has 116 valence electrons. The largest absolute Gasteiger partial charge is 0.395 e. The van der Waals surface area contributed by atoms with Crippen molar-refractivity contribution in [2.24, 2.45) is 0 Å². The molecule has 5 heteroatoms. The first-order valence-electron chi connectivity index (χ1n) is 7.37. The SMILES string of the molecule is CCN(CCO)C(=O)NCc1ccc(-c2cccnc2)cc1. The third-order valence-corrected chi connectivity index (χ3v) is 3.43. The van der Waals surface area contributed by atoms with Gasteiger partial charge in [-0.15, -0.1) is 0 Å². The highest BCUT2D eigenvalue weighted by Crippen LogP contribution is 2.18. The van der Waals surface area contributed by atoms with Crippen LogP contribution >= 0.6 is 0 Å². The molecule has 22 heavy (non-hydrogen) atoms. The van der Waals surface area contributed by atoms with E-state index in [0.717, 1.165) is 16.7 Å². The second-order valence-corrected chi connectivity index (χ2v) is 4.90. The van der Waals surface area contributed by atoms with E-state index in [0.29, 0.717) is 19.6 Å². The van der Waals surface area contributed by atoms with Crippen molar-refractivity contribution in [3.8, 4) is 11.1 Å². The second kappa shape index (κ2) is 8.14. The molecule has 0 radical (unpaired) electrons. The van der Waals surface area contributed by atoms with Crippen molar-refractivity contribution in [1.29, 1.82) is 0 Å². The second-order valence-electron chi connectivity index (χ2n) is 4.90. The fourth-order valence-corrected chi connectivity index (χ4v) is 2.16. The molecule has 0 fully saturated rings. The molecule has 2 aromatic rings. The number of carbonyl (C=O) groups excluding carboxylic acids is 1. The minimum Gasteiger partial charge on any atom is -0.395 e. The Morgan fingerprint density at radius 1 is 1.23 bits per heavy atom. The standard InChI is InChI=1S/C17H21N3O2/c1-2-20(10-11-21)17(22)19-12-14-5-7-15(8-6-14)16-4-3-9-18-13-16/h3-9,13,21H,2,10-12H2,1H3,(H,19,22). The maximum Gasteiger partial charge on any atom is 0.317 e. The van der Waals surface area contributed by atoms with Gasteiger partial charge in [-0.25, -0.2) is 4.79 Å². The lowest BCUT2D eigenvalue weighted by Gasteiger charge is -2.20. The van der Waals surface area contributed by atoms with E-state index < -0.39 is 0 Å². The van der Waals surface area contributed by atoms with Gasteiger partial charge in [-0.1, -0.05) is 30.3 Å². The first kappa shape index (κ1) is 16.0. The van der Waals surface area contributed by atoms with Gasteiger partial charge in [0.15, 0.2) is 0 Å². The number of hydrogen-bond acceptors (Lipinski definition) is 3. The summed E-state index contributed by atoms with van der Waals surface area (Å²) < 4.78 is 0. The highest BCUT2D eigenvalue weighted by Gasteiger charge is 2.09. The van der Waals surface area contributed by atoms with Crippen LogP contribution < -0.4 is 5.32 Å². The Bertz CT molecular complexity index is 585. The molecule has 1 aromatic carbocycles. The van der Waals surface area contributed by atoms with Gasteiger partial charge in [0.2, 0.25) is 0 Å². The van der Waals surface area contributed by atoms with E-state index in [1.54, 1.807) is 11.1 Å². The number of pyridine rings is 1. The van der Waals surface area contributed by atoms with E-state index in [4.69, 9.17) is 5.11 Å². The monoisotopic (exact) mass is 299 g/mol. The van der Waals surface area contributed by atoms with Crippen molar-refractivity contribution in [3.63, 3.8) is 0 Å². The molecule has 0 aliphatic carbocycles. The lowest BCUT2D eigenvalue weighted by Crippen LogP contribution is -2.40. The Hall–Kier alpha value is -2.40. The molecule has 0 spiro atoms. The number of aliphatic hydroxyl groups is 1. The molecule has 0 saturated carbocycles. The quantitative estimate of drug-likeness (QED) is 0.860. The summed E-state index contributed by atoms with van der Waals surface area (Å²) in [6, 6.07) is 11.8. The highest BCUT2D eigenvalue weighted by molar-refractivity contribution is 5.74. The molecule has 0 unspecified atom stereocenters. The Morgan fingerprint density at radius 3 is 2.59 bits per heavy atom. The predicted octanol–water partition coefficient (Wildman–Crippen LogP) is 2.27. The number of carbonyl (C=O) groups is 1.